The van der Waals surface area contributed by atoms with Crippen LogP contribution in [0, 0.1) is 0 Å². The Morgan fingerprint density at radius 3 is 2.47 bits per heavy atom. The van der Waals surface area contributed by atoms with Gasteiger partial charge in [0.25, 0.3) is 0 Å². The predicted octanol–water partition coefficient (Wildman–Crippen LogP) is -1.40. The van der Waals surface area contributed by atoms with E-state index in [0.717, 1.165) is 0 Å². The first-order valence-electron chi connectivity index (χ1n) is 5.36. The zero-order valence-corrected chi connectivity index (χ0v) is 9.05. The van der Waals surface area contributed by atoms with Crippen molar-refractivity contribution in [3.8, 4) is 0 Å². The van der Waals surface area contributed by atoms with Crippen LogP contribution in [0.25, 0.3) is 0 Å². The molecular weight excluding hydrogens is 226 g/mol. The third kappa shape index (κ3) is 2.31. The number of rotatable bonds is 2. The molecule has 1 aliphatic heterocycles. The summed E-state index contributed by atoms with van der Waals surface area (Å²) in [6.07, 6.45) is -4.20. The second-order valence-corrected chi connectivity index (χ2v) is 4.00. The van der Waals surface area contributed by atoms with E-state index in [9.17, 15) is 15.3 Å². The molecule has 0 radical (unpaired) electrons. The van der Waals surface area contributed by atoms with Gasteiger partial charge in [-0.2, -0.15) is 0 Å². The number of hydrogen-bond donors (Lipinski definition) is 4. The maximum atomic E-state index is 9.82. The quantitative estimate of drug-likeness (QED) is 0.507. The van der Waals surface area contributed by atoms with Crippen LogP contribution in [0.5, 0.6) is 0 Å². The summed E-state index contributed by atoms with van der Waals surface area (Å²) in [5.41, 5.74) is 0.449. The van der Waals surface area contributed by atoms with Gasteiger partial charge in [0.1, 0.15) is 30.5 Å². The minimum Gasteiger partial charge on any atom is -0.394 e. The van der Waals surface area contributed by atoms with Gasteiger partial charge in [-0.05, 0) is 12.1 Å². The van der Waals surface area contributed by atoms with Crippen molar-refractivity contribution in [3.63, 3.8) is 0 Å². The Bertz CT molecular complexity index is 358. The van der Waals surface area contributed by atoms with E-state index in [1.807, 2.05) is 0 Å². The van der Waals surface area contributed by atoms with E-state index in [1.165, 1.54) is 6.20 Å². The molecule has 1 aromatic heterocycles. The highest BCUT2D eigenvalue weighted by molar-refractivity contribution is 5.11. The zero-order valence-electron chi connectivity index (χ0n) is 9.05. The van der Waals surface area contributed by atoms with Gasteiger partial charge < -0.3 is 25.2 Å². The summed E-state index contributed by atoms with van der Waals surface area (Å²) >= 11 is 0. The molecule has 0 aliphatic carbocycles. The molecule has 2 rings (SSSR count). The highest BCUT2D eigenvalue weighted by Gasteiger charge is 2.44. The molecule has 0 amide bonds. The molecule has 0 saturated carbocycles. The Hall–Kier alpha value is -1.05. The summed E-state index contributed by atoms with van der Waals surface area (Å²) in [6, 6.07) is 5.09. The first kappa shape index (κ1) is 12.4. The van der Waals surface area contributed by atoms with Gasteiger partial charge >= 0.3 is 0 Å². The molecule has 0 aromatic carbocycles. The summed E-state index contributed by atoms with van der Waals surface area (Å²) < 4.78 is 5.34. The van der Waals surface area contributed by atoms with Crippen LogP contribution in [0.2, 0.25) is 0 Å². The molecule has 1 fully saturated rings. The van der Waals surface area contributed by atoms with Crippen LogP contribution < -0.4 is 0 Å². The Morgan fingerprint density at radius 1 is 1.12 bits per heavy atom. The second-order valence-electron chi connectivity index (χ2n) is 4.00. The molecule has 0 spiro atoms. The molecule has 1 saturated heterocycles. The lowest BCUT2D eigenvalue weighted by molar-refractivity contribution is -0.232. The molecule has 5 atom stereocenters. The molecule has 2 heterocycles. The summed E-state index contributed by atoms with van der Waals surface area (Å²) in [4.78, 5) is 4.02. The fourth-order valence-corrected chi connectivity index (χ4v) is 1.89. The number of aliphatic hydroxyl groups excluding tert-OH is 4. The average molecular weight is 241 g/mol. The van der Waals surface area contributed by atoms with Gasteiger partial charge in [-0.25, -0.2) is 0 Å². The third-order valence-corrected chi connectivity index (χ3v) is 2.87. The topological polar surface area (TPSA) is 103 Å². The van der Waals surface area contributed by atoms with Crippen molar-refractivity contribution in [2.24, 2.45) is 0 Å². The van der Waals surface area contributed by atoms with Crippen LogP contribution in [0.15, 0.2) is 24.4 Å². The van der Waals surface area contributed by atoms with Gasteiger partial charge in [0.15, 0.2) is 0 Å². The SMILES string of the molecule is OC[C@H]1O[C@@H](c2ccccn2)[C@@H](O)[C@@H](O)[C@@H]1O. The molecule has 17 heavy (non-hydrogen) atoms. The molecule has 1 aromatic rings. The maximum Gasteiger partial charge on any atom is 0.128 e. The summed E-state index contributed by atoms with van der Waals surface area (Å²) in [6.45, 7) is -0.436. The van der Waals surface area contributed by atoms with Crippen molar-refractivity contribution < 1.29 is 25.2 Å². The summed E-state index contributed by atoms with van der Waals surface area (Å²) in [5, 5.41) is 38.1. The number of nitrogens with zero attached hydrogens (tertiary/aromatic N) is 1. The average Bonchev–Trinajstić information content (AvgIpc) is 2.37. The third-order valence-electron chi connectivity index (χ3n) is 2.87. The molecule has 6 heteroatoms. The van der Waals surface area contributed by atoms with E-state index < -0.39 is 37.1 Å². The highest BCUT2D eigenvalue weighted by atomic mass is 16.5. The van der Waals surface area contributed by atoms with Crippen molar-refractivity contribution in [1.82, 2.24) is 4.98 Å². The number of aromatic nitrogens is 1. The standard InChI is InChI=1S/C11H15NO5/c13-5-7-8(14)9(15)10(16)11(17-7)6-3-1-2-4-12-6/h1-4,7-11,13-16H,5H2/t7-,8-,9+,10+,11+/m1/s1. The molecular formula is C11H15NO5. The van der Waals surface area contributed by atoms with Gasteiger partial charge in [0.2, 0.25) is 0 Å². The van der Waals surface area contributed by atoms with Gasteiger partial charge in [-0.1, -0.05) is 6.07 Å². The number of ether oxygens (including phenoxy) is 1. The largest absolute Gasteiger partial charge is 0.394 e. The lowest BCUT2D eigenvalue weighted by Crippen LogP contribution is -2.55. The Balaban J connectivity index is 2.23. The molecule has 0 unspecified atom stereocenters. The monoisotopic (exact) mass is 241 g/mol. The first-order valence-corrected chi connectivity index (χ1v) is 5.36. The van der Waals surface area contributed by atoms with E-state index in [0.29, 0.717) is 5.69 Å². The fourth-order valence-electron chi connectivity index (χ4n) is 1.89. The molecule has 94 valence electrons. The number of aliphatic hydroxyl groups is 4. The van der Waals surface area contributed by atoms with Crippen LogP contribution in [-0.2, 0) is 4.74 Å². The lowest BCUT2D eigenvalue weighted by Gasteiger charge is -2.39. The highest BCUT2D eigenvalue weighted by Crippen LogP contribution is 2.30. The second kappa shape index (κ2) is 5.07. The van der Waals surface area contributed by atoms with Gasteiger partial charge in [-0.3, -0.25) is 4.98 Å². The molecule has 0 bridgehead atoms. The first-order chi connectivity index (χ1) is 8.15. The van der Waals surface area contributed by atoms with Gasteiger partial charge in [-0.15, -0.1) is 0 Å². The zero-order chi connectivity index (χ0) is 12.4. The van der Waals surface area contributed by atoms with Crippen molar-refractivity contribution >= 4 is 0 Å². The maximum absolute atomic E-state index is 9.82. The van der Waals surface area contributed by atoms with Gasteiger partial charge in [0.05, 0.1) is 12.3 Å². The van der Waals surface area contributed by atoms with Crippen molar-refractivity contribution in [1.29, 1.82) is 0 Å². The fraction of sp³-hybridized carbons (Fsp3) is 0.545. The molecule has 1 aliphatic rings. The minimum atomic E-state index is -1.37. The smallest absolute Gasteiger partial charge is 0.128 e. The van der Waals surface area contributed by atoms with Crippen LogP contribution in [0.1, 0.15) is 11.8 Å². The van der Waals surface area contributed by atoms with E-state index in [1.54, 1.807) is 18.2 Å². The summed E-state index contributed by atoms with van der Waals surface area (Å²) in [5.74, 6) is 0. The minimum absolute atomic E-state index is 0.436. The number of pyridine rings is 1. The van der Waals surface area contributed by atoms with Crippen molar-refractivity contribution in [3.05, 3.63) is 30.1 Å². The van der Waals surface area contributed by atoms with E-state index >= 15 is 0 Å². The van der Waals surface area contributed by atoms with Gasteiger partial charge in [0, 0.05) is 6.20 Å². The number of hydrogen-bond acceptors (Lipinski definition) is 6. The Labute approximate surface area is 98.1 Å². The lowest BCUT2D eigenvalue weighted by atomic mass is 9.93. The summed E-state index contributed by atoms with van der Waals surface area (Å²) in [7, 11) is 0. The van der Waals surface area contributed by atoms with Crippen LogP contribution in [0.3, 0.4) is 0 Å². The van der Waals surface area contributed by atoms with Crippen molar-refractivity contribution in [2.75, 3.05) is 6.61 Å². The normalized spacial score (nSPS) is 38.0. The van der Waals surface area contributed by atoms with Crippen LogP contribution >= 0.6 is 0 Å². The Kier molecular flexibility index (Phi) is 3.70. The van der Waals surface area contributed by atoms with E-state index in [4.69, 9.17) is 9.84 Å². The van der Waals surface area contributed by atoms with E-state index in [2.05, 4.69) is 4.98 Å². The van der Waals surface area contributed by atoms with Crippen molar-refractivity contribution in [2.45, 2.75) is 30.5 Å². The Morgan fingerprint density at radius 2 is 1.88 bits per heavy atom. The predicted molar refractivity (Wildman–Crippen MR) is 57.0 cm³/mol. The van der Waals surface area contributed by atoms with Crippen LogP contribution in [0.4, 0.5) is 0 Å². The van der Waals surface area contributed by atoms with E-state index in [-0.39, 0.29) is 0 Å². The van der Waals surface area contributed by atoms with Crippen LogP contribution in [-0.4, -0.2) is 56.4 Å². The molecule has 4 N–H and O–H groups in total. The molecule has 6 nitrogen and oxygen atoms in total.